The third kappa shape index (κ3) is 24.2. The summed E-state index contributed by atoms with van der Waals surface area (Å²) in [5.41, 5.74) is 0. The number of nitrogens with zero attached hydrogens (tertiary/aromatic N) is 1. The molecule has 0 aliphatic heterocycles. The minimum atomic E-state index is -4.39. The first kappa shape index (κ1) is 30.7. The summed E-state index contributed by atoms with van der Waals surface area (Å²) < 4.78 is 27.2. The molecule has 0 aromatic heterocycles. The maximum absolute atomic E-state index is 11.7. The summed E-state index contributed by atoms with van der Waals surface area (Å²) in [7, 11) is 1.43. The largest absolute Gasteiger partial charge is 0.756 e. The fourth-order valence-corrected chi connectivity index (χ4v) is 3.56. The lowest BCUT2D eigenvalue weighted by molar-refractivity contribution is -0.870. The Labute approximate surface area is 191 Å². The average molecular weight is 466 g/mol. The molecular formula is C23H48NO6P. The van der Waals surface area contributed by atoms with Crippen molar-refractivity contribution in [3.8, 4) is 0 Å². The Kier molecular flexibility index (Phi) is 19.1. The Bertz CT molecular complexity index is 481. The van der Waals surface area contributed by atoms with Crippen molar-refractivity contribution in [2.75, 3.05) is 54.1 Å². The van der Waals surface area contributed by atoms with Crippen LogP contribution in [-0.2, 0) is 18.3 Å². The van der Waals surface area contributed by atoms with E-state index in [4.69, 9.17) is 13.8 Å². The number of aliphatic hydroxyl groups excluding tert-OH is 1. The highest BCUT2D eigenvalue weighted by Crippen LogP contribution is 2.38. The molecule has 0 spiro atoms. The third-order valence-corrected chi connectivity index (χ3v) is 5.76. The Morgan fingerprint density at radius 2 is 1.45 bits per heavy atom. The summed E-state index contributed by atoms with van der Waals surface area (Å²) in [4.78, 5) is 11.7. The SMILES string of the molecule is CCCCC/C=C\CCCCCCCCOCC(O)COP(=O)([O-])OCC[N+](C)(C)C. The number of ether oxygens (including phenoxy) is 1. The summed E-state index contributed by atoms with van der Waals surface area (Å²) >= 11 is 0. The number of phosphoric ester groups is 1. The predicted molar refractivity (Wildman–Crippen MR) is 125 cm³/mol. The number of likely N-dealkylation sites (N-methyl/N-ethyl adjacent to an activating group) is 1. The molecule has 186 valence electrons. The number of aliphatic hydroxyl groups is 1. The first-order chi connectivity index (χ1) is 14.7. The second kappa shape index (κ2) is 19.2. The smallest absolute Gasteiger partial charge is 0.268 e. The van der Waals surface area contributed by atoms with Crippen molar-refractivity contribution in [2.45, 2.75) is 83.7 Å². The highest BCUT2D eigenvalue weighted by atomic mass is 31.2. The Morgan fingerprint density at radius 3 is 2.06 bits per heavy atom. The predicted octanol–water partition coefficient (Wildman–Crippen LogP) is 4.44. The average Bonchev–Trinajstić information content (AvgIpc) is 2.68. The molecule has 2 atom stereocenters. The summed E-state index contributed by atoms with van der Waals surface area (Å²) in [6.45, 7) is 3.09. The highest BCUT2D eigenvalue weighted by Gasteiger charge is 2.15. The van der Waals surface area contributed by atoms with Crippen LogP contribution in [0.4, 0.5) is 0 Å². The molecule has 0 aromatic carbocycles. The molecule has 0 saturated carbocycles. The van der Waals surface area contributed by atoms with Crippen LogP contribution in [0.3, 0.4) is 0 Å². The van der Waals surface area contributed by atoms with Crippen LogP contribution < -0.4 is 4.89 Å². The van der Waals surface area contributed by atoms with Crippen LogP contribution in [0.2, 0.25) is 0 Å². The lowest BCUT2D eigenvalue weighted by Crippen LogP contribution is -2.37. The number of phosphoric acid groups is 1. The molecule has 0 amide bonds. The molecular weight excluding hydrogens is 417 g/mol. The number of hydrogen-bond donors (Lipinski definition) is 1. The number of unbranched alkanes of at least 4 members (excludes halogenated alkanes) is 9. The van der Waals surface area contributed by atoms with Gasteiger partial charge in [0.05, 0.1) is 34.4 Å². The first-order valence-electron chi connectivity index (χ1n) is 12.0. The van der Waals surface area contributed by atoms with Crippen LogP contribution in [0.25, 0.3) is 0 Å². The number of allylic oxidation sites excluding steroid dienone is 2. The summed E-state index contributed by atoms with van der Waals surface area (Å²) in [5.74, 6) is 0. The zero-order valence-electron chi connectivity index (χ0n) is 20.4. The molecule has 0 saturated heterocycles. The van der Waals surface area contributed by atoms with Crippen LogP contribution in [0.15, 0.2) is 12.2 Å². The minimum Gasteiger partial charge on any atom is -0.756 e. The van der Waals surface area contributed by atoms with E-state index >= 15 is 0 Å². The van der Waals surface area contributed by atoms with E-state index in [9.17, 15) is 14.6 Å². The van der Waals surface area contributed by atoms with Gasteiger partial charge < -0.3 is 28.3 Å². The second-order valence-corrected chi connectivity index (χ2v) is 10.6. The molecule has 0 fully saturated rings. The maximum Gasteiger partial charge on any atom is 0.268 e. The summed E-state index contributed by atoms with van der Waals surface area (Å²) in [6.07, 6.45) is 17.0. The van der Waals surface area contributed by atoms with Crippen LogP contribution in [0.1, 0.15) is 77.6 Å². The molecule has 0 aromatic rings. The molecule has 0 heterocycles. The molecule has 0 bridgehead atoms. The molecule has 2 unspecified atom stereocenters. The van der Waals surface area contributed by atoms with E-state index in [0.29, 0.717) is 17.6 Å². The van der Waals surface area contributed by atoms with E-state index in [1.807, 2.05) is 21.1 Å². The van der Waals surface area contributed by atoms with Gasteiger partial charge >= 0.3 is 0 Å². The number of quaternary nitrogens is 1. The fourth-order valence-electron chi connectivity index (χ4n) is 2.83. The van der Waals surface area contributed by atoms with E-state index in [0.717, 1.165) is 12.8 Å². The van der Waals surface area contributed by atoms with Crippen LogP contribution in [0.5, 0.6) is 0 Å². The number of hydrogen-bond acceptors (Lipinski definition) is 6. The van der Waals surface area contributed by atoms with Crippen molar-refractivity contribution in [3.63, 3.8) is 0 Å². The zero-order valence-corrected chi connectivity index (χ0v) is 21.3. The summed E-state index contributed by atoms with van der Waals surface area (Å²) in [6, 6.07) is 0. The van der Waals surface area contributed by atoms with E-state index < -0.39 is 13.9 Å². The number of rotatable bonds is 22. The van der Waals surface area contributed by atoms with Crippen molar-refractivity contribution < 1.29 is 32.8 Å². The lowest BCUT2D eigenvalue weighted by Gasteiger charge is -2.27. The topological polar surface area (TPSA) is 88.0 Å². The molecule has 0 radical (unpaired) electrons. The van der Waals surface area contributed by atoms with Crippen molar-refractivity contribution in [1.82, 2.24) is 0 Å². The maximum atomic E-state index is 11.7. The van der Waals surface area contributed by atoms with Crippen molar-refractivity contribution in [2.24, 2.45) is 0 Å². The molecule has 1 N–H and O–H groups in total. The van der Waals surface area contributed by atoms with Gasteiger partial charge in [0, 0.05) is 6.61 Å². The Balaban J connectivity index is 3.48. The summed E-state index contributed by atoms with van der Waals surface area (Å²) in [5, 5.41) is 9.80. The van der Waals surface area contributed by atoms with E-state index in [1.54, 1.807) is 0 Å². The monoisotopic (exact) mass is 465 g/mol. The van der Waals surface area contributed by atoms with Crippen LogP contribution in [-0.4, -0.2) is 69.8 Å². The van der Waals surface area contributed by atoms with Gasteiger partial charge in [0.25, 0.3) is 7.82 Å². The van der Waals surface area contributed by atoms with Gasteiger partial charge in [-0.3, -0.25) is 4.57 Å². The third-order valence-electron chi connectivity index (χ3n) is 4.80. The van der Waals surface area contributed by atoms with Gasteiger partial charge in [0.2, 0.25) is 0 Å². The van der Waals surface area contributed by atoms with E-state index in [2.05, 4.69) is 19.1 Å². The Hall–Kier alpha value is -0.270. The van der Waals surface area contributed by atoms with Crippen molar-refractivity contribution >= 4 is 7.82 Å². The molecule has 0 rings (SSSR count). The molecule has 0 aliphatic carbocycles. The first-order valence-corrected chi connectivity index (χ1v) is 13.4. The van der Waals surface area contributed by atoms with Gasteiger partial charge in [-0.1, -0.05) is 57.6 Å². The van der Waals surface area contributed by atoms with Crippen molar-refractivity contribution in [1.29, 1.82) is 0 Å². The van der Waals surface area contributed by atoms with Gasteiger partial charge in [0.15, 0.2) is 0 Å². The van der Waals surface area contributed by atoms with Crippen LogP contribution in [0, 0.1) is 0 Å². The normalized spacial score (nSPS) is 15.4. The second-order valence-electron chi connectivity index (χ2n) is 9.20. The molecule has 7 nitrogen and oxygen atoms in total. The molecule has 31 heavy (non-hydrogen) atoms. The minimum absolute atomic E-state index is 0.0482. The van der Waals surface area contributed by atoms with Crippen molar-refractivity contribution in [3.05, 3.63) is 12.2 Å². The standard InChI is InChI=1S/C23H48NO6P/c1-5-6-7-8-9-10-11-12-13-14-15-16-17-19-28-21-23(25)22-30-31(26,27)29-20-18-24(2,3)4/h9-10,23,25H,5-8,11-22H2,1-4H3/b10-9-. The zero-order chi connectivity index (χ0) is 23.4. The Morgan fingerprint density at radius 1 is 0.871 bits per heavy atom. The quantitative estimate of drug-likeness (QED) is 0.110. The van der Waals surface area contributed by atoms with Gasteiger partial charge in [-0.2, -0.15) is 0 Å². The van der Waals surface area contributed by atoms with Crippen LogP contribution >= 0.6 is 7.82 Å². The van der Waals surface area contributed by atoms with Gasteiger partial charge in [-0.05, 0) is 32.1 Å². The molecule has 0 aliphatic rings. The van der Waals surface area contributed by atoms with Gasteiger partial charge in [-0.15, -0.1) is 0 Å². The highest BCUT2D eigenvalue weighted by molar-refractivity contribution is 7.45. The van der Waals surface area contributed by atoms with E-state index in [1.165, 1.54) is 57.8 Å². The lowest BCUT2D eigenvalue weighted by atomic mass is 10.1. The van der Waals surface area contributed by atoms with Gasteiger partial charge in [-0.25, -0.2) is 0 Å². The van der Waals surface area contributed by atoms with Gasteiger partial charge in [0.1, 0.15) is 19.3 Å². The molecule has 8 heteroatoms. The fraction of sp³-hybridized carbons (Fsp3) is 0.913. The van der Waals surface area contributed by atoms with E-state index in [-0.39, 0.29) is 19.8 Å².